The lowest BCUT2D eigenvalue weighted by atomic mass is 10.1. The average Bonchev–Trinajstić information content (AvgIpc) is 3.25. The van der Waals surface area contributed by atoms with E-state index in [4.69, 9.17) is 4.74 Å². The van der Waals surface area contributed by atoms with E-state index in [2.05, 4.69) is 10.2 Å². The molecule has 0 aromatic rings. The summed E-state index contributed by atoms with van der Waals surface area (Å²) in [5.74, 6) is -0.370. The van der Waals surface area contributed by atoms with Gasteiger partial charge in [0.2, 0.25) is 5.91 Å². The van der Waals surface area contributed by atoms with Gasteiger partial charge in [0.25, 0.3) is 0 Å². The number of amides is 1. The molecular weight excluding hydrogens is 292 g/mol. The second-order valence-electron chi connectivity index (χ2n) is 6.20. The van der Waals surface area contributed by atoms with E-state index < -0.39 is 15.1 Å². The van der Waals surface area contributed by atoms with Gasteiger partial charge in [-0.15, -0.1) is 0 Å². The molecule has 1 unspecified atom stereocenters. The zero-order valence-electron chi connectivity index (χ0n) is 12.9. The Morgan fingerprint density at radius 2 is 1.95 bits per heavy atom. The summed E-state index contributed by atoms with van der Waals surface area (Å²) in [5, 5.41) is 1.88. The molecular formula is C14H26N2O4S. The molecule has 1 atom stereocenters. The Bertz CT molecular complexity index is 467. The Hall–Kier alpha value is -0.660. The molecule has 1 aliphatic carbocycles. The Morgan fingerprint density at radius 3 is 2.48 bits per heavy atom. The molecule has 2 aliphatic rings. The standard InChI is InChI=1S/C14H26N2O4S/c1-3-21(18,19)12(2)13(17)15-10-14(4-5-14)11-16-6-8-20-9-7-16/h12H,3-11H2,1-2H3,(H,15,17). The SMILES string of the molecule is CCS(=O)(=O)C(C)C(=O)NCC1(CN2CCOCC2)CC1. The van der Waals surface area contributed by atoms with Gasteiger partial charge in [0.05, 0.1) is 13.2 Å². The summed E-state index contributed by atoms with van der Waals surface area (Å²) in [7, 11) is -3.31. The molecule has 0 aromatic carbocycles. The summed E-state index contributed by atoms with van der Waals surface area (Å²) < 4.78 is 28.8. The predicted octanol–water partition coefficient (Wildman–Crippen LogP) is 0.0382. The van der Waals surface area contributed by atoms with E-state index in [1.54, 1.807) is 6.92 Å². The first-order chi connectivity index (χ1) is 9.88. The average molecular weight is 318 g/mol. The molecule has 6 nitrogen and oxygen atoms in total. The molecule has 21 heavy (non-hydrogen) atoms. The molecule has 1 saturated heterocycles. The number of sulfone groups is 1. The third-order valence-electron chi connectivity index (χ3n) is 4.57. The Kier molecular flexibility index (Phi) is 5.27. The Morgan fingerprint density at radius 1 is 1.33 bits per heavy atom. The Labute approximate surface area is 127 Å². The quantitative estimate of drug-likeness (QED) is 0.717. The molecule has 1 saturated carbocycles. The summed E-state index contributed by atoms with van der Waals surface area (Å²) >= 11 is 0. The number of nitrogens with zero attached hydrogens (tertiary/aromatic N) is 1. The third kappa shape index (κ3) is 4.40. The van der Waals surface area contributed by atoms with Gasteiger partial charge in [0.1, 0.15) is 5.25 Å². The van der Waals surface area contributed by atoms with Gasteiger partial charge in [0, 0.05) is 37.3 Å². The maximum Gasteiger partial charge on any atom is 0.238 e. The first kappa shape index (κ1) is 16.7. The lowest BCUT2D eigenvalue weighted by molar-refractivity contribution is -0.120. The summed E-state index contributed by atoms with van der Waals surface area (Å²) in [4.78, 5) is 14.4. The number of nitrogens with one attached hydrogen (secondary N) is 1. The first-order valence-electron chi connectivity index (χ1n) is 7.68. The maximum absolute atomic E-state index is 12.0. The molecule has 1 aliphatic heterocycles. The smallest absolute Gasteiger partial charge is 0.238 e. The minimum absolute atomic E-state index is 0.000503. The van der Waals surface area contributed by atoms with Crippen molar-refractivity contribution < 1.29 is 17.9 Å². The first-order valence-corrected chi connectivity index (χ1v) is 9.39. The molecule has 0 aromatic heterocycles. The molecule has 2 fully saturated rings. The van der Waals surface area contributed by atoms with E-state index in [-0.39, 0.29) is 17.1 Å². The number of ether oxygens (including phenoxy) is 1. The second-order valence-corrected chi connectivity index (χ2v) is 8.81. The minimum atomic E-state index is -3.31. The van der Waals surface area contributed by atoms with Gasteiger partial charge in [-0.3, -0.25) is 9.69 Å². The molecule has 7 heteroatoms. The van der Waals surface area contributed by atoms with Crippen LogP contribution in [0.4, 0.5) is 0 Å². The van der Waals surface area contributed by atoms with Gasteiger partial charge < -0.3 is 10.1 Å². The largest absolute Gasteiger partial charge is 0.379 e. The predicted molar refractivity (Wildman–Crippen MR) is 80.9 cm³/mol. The van der Waals surface area contributed by atoms with Crippen LogP contribution < -0.4 is 5.32 Å². The number of rotatable bonds is 7. The fourth-order valence-corrected chi connectivity index (χ4v) is 3.54. The van der Waals surface area contributed by atoms with Crippen molar-refractivity contribution in [1.29, 1.82) is 0 Å². The molecule has 1 amide bonds. The van der Waals surface area contributed by atoms with Crippen molar-refractivity contribution in [3.05, 3.63) is 0 Å². The van der Waals surface area contributed by atoms with Crippen molar-refractivity contribution in [2.24, 2.45) is 5.41 Å². The van der Waals surface area contributed by atoms with E-state index in [0.29, 0.717) is 6.54 Å². The van der Waals surface area contributed by atoms with Gasteiger partial charge >= 0.3 is 0 Å². The van der Waals surface area contributed by atoms with Crippen LogP contribution >= 0.6 is 0 Å². The van der Waals surface area contributed by atoms with Crippen LogP contribution in [0.5, 0.6) is 0 Å². The van der Waals surface area contributed by atoms with Gasteiger partial charge in [-0.2, -0.15) is 0 Å². The van der Waals surface area contributed by atoms with E-state index in [9.17, 15) is 13.2 Å². The van der Waals surface area contributed by atoms with E-state index >= 15 is 0 Å². The number of hydrogen-bond acceptors (Lipinski definition) is 5. The minimum Gasteiger partial charge on any atom is -0.379 e. The highest BCUT2D eigenvalue weighted by Gasteiger charge is 2.44. The molecule has 122 valence electrons. The summed E-state index contributed by atoms with van der Waals surface area (Å²) in [6, 6.07) is 0. The van der Waals surface area contributed by atoms with Crippen LogP contribution in [0, 0.1) is 5.41 Å². The fraction of sp³-hybridized carbons (Fsp3) is 0.929. The molecule has 2 rings (SSSR count). The summed E-state index contributed by atoms with van der Waals surface area (Å²) in [5.41, 5.74) is 0.142. The number of carbonyl (C=O) groups excluding carboxylic acids is 1. The molecule has 0 spiro atoms. The lowest BCUT2D eigenvalue weighted by Gasteiger charge is -2.30. The molecule has 0 bridgehead atoms. The number of carbonyl (C=O) groups is 1. The van der Waals surface area contributed by atoms with Crippen molar-refractivity contribution >= 4 is 15.7 Å². The summed E-state index contributed by atoms with van der Waals surface area (Å²) in [6.45, 7) is 8.00. The third-order valence-corrected chi connectivity index (χ3v) is 6.66. The lowest BCUT2D eigenvalue weighted by Crippen LogP contribution is -2.45. The topological polar surface area (TPSA) is 75.7 Å². The van der Waals surface area contributed by atoms with E-state index in [1.807, 2.05) is 0 Å². The van der Waals surface area contributed by atoms with Crippen LogP contribution in [0.2, 0.25) is 0 Å². The molecule has 0 radical (unpaired) electrons. The van der Waals surface area contributed by atoms with Crippen LogP contribution in [-0.4, -0.2) is 69.6 Å². The number of hydrogen-bond donors (Lipinski definition) is 1. The van der Waals surface area contributed by atoms with Crippen LogP contribution in [0.1, 0.15) is 26.7 Å². The second kappa shape index (κ2) is 6.62. The van der Waals surface area contributed by atoms with Crippen molar-refractivity contribution in [2.45, 2.75) is 31.9 Å². The van der Waals surface area contributed by atoms with Crippen LogP contribution in [-0.2, 0) is 19.4 Å². The highest BCUT2D eigenvalue weighted by Crippen LogP contribution is 2.45. The molecule has 1 heterocycles. The highest BCUT2D eigenvalue weighted by atomic mass is 32.2. The maximum atomic E-state index is 12.0. The zero-order chi connectivity index (χ0) is 15.5. The monoisotopic (exact) mass is 318 g/mol. The van der Waals surface area contributed by atoms with Crippen LogP contribution in [0.3, 0.4) is 0 Å². The molecule has 1 N–H and O–H groups in total. The van der Waals surface area contributed by atoms with Gasteiger partial charge in [0.15, 0.2) is 9.84 Å². The van der Waals surface area contributed by atoms with Crippen molar-refractivity contribution in [3.63, 3.8) is 0 Å². The van der Waals surface area contributed by atoms with Crippen molar-refractivity contribution in [3.8, 4) is 0 Å². The van der Waals surface area contributed by atoms with Crippen molar-refractivity contribution in [1.82, 2.24) is 10.2 Å². The van der Waals surface area contributed by atoms with Crippen LogP contribution in [0.25, 0.3) is 0 Å². The zero-order valence-corrected chi connectivity index (χ0v) is 13.7. The summed E-state index contributed by atoms with van der Waals surface area (Å²) in [6.07, 6.45) is 2.19. The van der Waals surface area contributed by atoms with Gasteiger partial charge in [-0.25, -0.2) is 8.42 Å². The van der Waals surface area contributed by atoms with Crippen LogP contribution in [0.15, 0.2) is 0 Å². The van der Waals surface area contributed by atoms with Crippen molar-refractivity contribution in [2.75, 3.05) is 45.1 Å². The fourth-order valence-electron chi connectivity index (χ4n) is 2.63. The number of morpholine rings is 1. The van der Waals surface area contributed by atoms with E-state index in [1.165, 1.54) is 6.92 Å². The van der Waals surface area contributed by atoms with Gasteiger partial charge in [-0.05, 0) is 19.8 Å². The highest BCUT2D eigenvalue weighted by molar-refractivity contribution is 7.92. The normalized spacial score (nSPS) is 23.5. The Balaban J connectivity index is 1.80. The van der Waals surface area contributed by atoms with E-state index in [0.717, 1.165) is 45.7 Å². The van der Waals surface area contributed by atoms with Gasteiger partial charge in [-0.1, -0.05) is 6.92 Å².